The molecule has 1 aromatic heterocycles. The Morgan fingerprint density at radius 3 is 2.17 bits per heavy atom. The van der Waals surface area contributed by atoms with Crippen molar-refractivity contribution in [1.29, 1.82) is 0 Å². The molecule has 0 saturated heterocycles. The number of aromatic nitrogens is 2. The predicted octanol–water partition coefficient (Wildman–Crippen LogP) is -0.630. The summed E-state index contributed by atoms with van der Waals surface area (Å²) in [5.74, 6) is 0. The minimum atomic E-state index is -4.11. The second-order valence-electron chi connectivity index (χ2n) is 1.87. The van der Waals surface area contributed by atoms with Crippen LogP contribution in [0, 0.1) is 0 Å². The first-order valence-electron chi connectivity index (χ1n) is 3.06. The van der Waals surface area contributed by atoms with E-state index >= 15 is 0 Å². The van der Waals surface area contributed by atoms with Crippen LogP contribution in [-0.2, 0) is 10.3 Å². The first kappa shape index (κ1) is 11.1. The van der Waals surface area contributed by atoms with Gasteiger partial charge in [-0.15, -0.1) is 0 Å². The van der Waals surface area contributed by atoms with Crippen LogP contribution in [0.25, 0.3) is 0 Å². The van der Waals surface area contributed by atoms with Gasteiger partial charge in [0.1, 0.15) is 6.33 Å². The van der Waals surface area contributed by atoms with E-state index in [0.717, 1.165) is 12.5 Å². The van der Waals surface area contributed by atoms with Gasteiger partial charge in [0.2, 0.25) is 0 Å². The molecule has 0 saturated carbocycles. The van der Waals surface area contributed by atoms with Crippen LogP contribution >= 0.6 is 0 Å². The van der Waals surface area contributed by atoms with Crippen molar-refractivity contribution in [1.82, 2.24) is 14.3 Å². The maximum Gasteiger partial charge on any atom is 0.364 e. The molecule has 0 aliphatic heterocycles. The van der Waals surface area contributed by atoms with Crippen LogP contribution in [0.1, 0.15) is 0 Å². The molecule has 70 valence electrons. The van der Waals surface area contributed by atoms with Gasteiger partial charge < -0.3 is 5.32 Å². The highest BCUT2D eigenvalue weighted by atomic mass is 32.2. The van der Waals surface area contributed by atoms with E-state index in [1.165, 1.54) is 6.20 Å². The Morgan fingerprint density at radius 2 is 2.00 bits per heavy atom. The molecule has 12 heavy (non-hydrogen) atoms. The van der Waals surface area contributed by atoms with Gasteiger partial charge in [-0.1, -0.05) is 0 Å². The molecule has 0 aliphatic carbocycles. The smallest absolute Gasteiger partial charge is 0.323 e. The Bertz CT molecular complexity index is 292. The highest BCUT2D eigenvalue weighted by molar-refractivity contribution is 7.84. The van der Waals surface area contributed by atoms with Crippen molar-refractivity contribution in [2.45, 2.75) is 0 Å². The van der Waals surface area contributed by atoms with Gasteiger partial charge in [-0.05, 0) is 14.1 Å². The fraction of sp³-hybridized carbons (Fsp3) is 0.400. The lowest BCUT2D eigenvalue weighted by molar-refractivity contribution is 0.472. The highest BCUT2D eigenvalue weighted by Crippen LogP contribution is 1.89. The molecule has 0 spiro atoms. The van der Waals surface area contributed by atoms with Gasteiger partial charge in [0, 0.05) is 12.4 Å². The molecule has 0 radical (unpaired) electrons. The Balaban J connectivity index is 0.000000354. The maximum absolute atomic E-state index is 10.2. The Hall–Kier alpha value is -0.920. The first-order valence-corrected chi connectivity index (χ1v) is 4.46. The van der Waals surface area contributed by atoms with Crippen molar-refractivity contribution in [3.05, 3.63) is 18.7 Å². The van der Waals surface area contributed by atoms with E-state index in [9.17, 15) is 8.42 Å². The molecule has 0 atom stereocenters. The minimum Gasteiger partial charge on any atom is -0.323 e. The lowest BCUT2D eigenvalue weighted by Crippen LogP contribution is -2.07. The number of nitrogens with zero attached hydrogens (tertiary/aromatic N) is 2. The maximum atomic E-state index is 10.2. The molecule has 1 heterocycles. The lowest BCUT2D eigenvalue weighted by Gasteiger charge is -1.91. The van der Waals surface area contributed by atoms with Crippen LogP contribution < -0.4 is 5.32 Å². The van der Waals surface area contributed by atoms with Crippen molar-refractivity contribution < 1.29 is 13.0 Å². The summed E-state index contributed by atoms with van der Waals surface area (Å²) in [6.07, 6.45) is 3.39. The number of rotatable bonds is 1. The third kappa shape index (κ3) is 4.06. The van der Waals surface area contributed by atoms with E-state index in [1.54, 1.807) is 0 Å². The fourth-order valence-corrected chi connectivity index (χ4v) is 0.765. The van der Waals surface area contributed by atoms with E-state index in [2.05, 4.69) is 10.3 Å². The Labute approximate surface area is 71.1 Å². The van der Waals surface area contributed by atoms with Gasteiger partial charge in [0.25, 0.3) is 0 Å². The van der Waals surface area contributed by atoms with Crippen molar-refractivity contribution in [2.24, 2.45) is 0 Å². The van der Waals surface area contributed by atoms with Crippen LogP contribution in [0.5, 0.6) is 0 Å². The van der Waals surface area contributed by atoms with E-state index in [4.69, 9.17) is 4.55 Å². The van der Waals surface area contributed by atoms with Gasteiger partial charge in [0.05, 0.1) is 0 Å². The molecule has 0 bridgehead atoms. The average molecular weight is 193 g/mol. The largest absolute Gasteiger partial charge is 0.364 e. The molecule has 1 aromatic rings. The fourth-order valence-electron chi connectivity index (χ4n) is 0.383. The van der Waals surface area contributed by atoms with Crippen LogP contribution in [0.2, 0.25) is 0 Å². The molecule has 0 fully saturated rings. The zero-order chi connectivity index (χ0) is 9.61. The Morgan fingerprint density at radius 1 is 1.50 bits per heavy atom. The third-order valence-corrected chi connectivity index (χ3v) is 1.50. The summed E-state index contributed by atoms with van der Waals surface area (Å²) in [7, 11) is -0.355. The lowest BCUT2D eigenvalue weighted by atomic mass is 11.0. The summed E-state index contributed by atoms with van der Waals surface area (Å²) >= 11 is 0. The van der Waals surface area contributed by atoms with E-state index in [-0.39, 0.29) is 0 Å². The zero-order valence-electron chi connectivity index (χ0n) is 6.80. The SMILES string of the molecule is CNC.O=S(=O)(O)n1ccnc1. The average Bonchev–Trinajstić information content (AvgIpc) is 2.36. The van der Waals surface area contributed by atoms with Crippen LogP contribution in [0.4, 0.5) is 0 Å². The quantitative estimate of drug-likeness (QED) is 0.580. The van der Waals surface area contributed by atoms with Gasteiger partial charge in [-0.3, -0.25) is 4.55 Å². The van der Waals surface area contributed by atoms with E-state index in [1.807, 2.05) is 14.1 Å². The van der Waals surface area contributed by atoms with E-state index < -0.39 is 10.3 Å². The molecular formula is C5H11N3O3S. The van der Waals surface area contributed by atoms with Crippen LogP contribution in [-0.4, -0.2) is 36.0 Å². The first-order chi connectivity index (χ1) is 5.52. The van der Waals surface area contributed by atoms with Crippen molar-refractivity contribution in [3.8, 4) is 0 Å². The van der Waals surface area contributed by atoms with Crippen molar-refractivity contribution in [3.63, 3.8) is 0 Å². The molecule has 0 aromatic carbocycles. The van der Waals surface area contributed by atoms with Crippen molar-refractivity contribution >= 4 is 10.3 Å². The molecule has 0 amide bonds. The number of nitrogens with one attached hydrogen (secondary N) is 1. The third-order valence-electron chi connectivity index (χ3n) is 0.747. The number of hydrogen-bond donors (Lipinski definition) is 2. The normalized spacial score (nSPS) is 10.2. The number of hydrogen-bond acceptors (Lipinski definition) is 4. The monoisotopic (exact) mass is 193 g/mol. The van der Waals surface area contributed by atoms with E-state index in [0.29, 0.717) is 3.97 Å². The summed E-state index contributed by atoms with van der Waals surface area (Å²) in [5, 5.41) is 2.75. The summed E-state index contributed by atoms with van der Waals surface area (Å²) in [6.45, 7) is 0. The standard InChI is InChI=1S/C3H4N2O3S.C2H7N/c6-9(7,8)5-2-1-4-3-5;1-3-2/h1-3H,(H,6,7,8);3H,1-2H3. The topological polar surface area (TPSA) is 84.2 Å². The van der Waals surface area contributed by atoms with Crippen molar-refractivity contribution in [2.75, 3.05) is 14.1 Å². The summed E-state index contributed by atoms with van der Waals surface area (Å²) in [6, 6.07) is 0. The van der Waals surface area contributed by atoms with Gasteiger partial charge in [0.15, 0.2) is 0 Å². The van der Waals surface area contributed by atoms with Gasteiger partial charge >= 0.3 is 10.3 Å². The molecule has 7 heteroatoms. The zero-order valence-corrected chi connectivity index (χ0v) is 7.61. The summed E-state index contributed by atoms with van der Waals surface area (Å²) < 4.78 is 29.2. The highest BCUT2D eigenvalue weighted by Gasteiger charge is 2.03. The predicted molar refractivity (Wildman–Crippen MR) is 44.2 cm³/mol. The molecular weight excluding hydrogens is 182 g/mol. The molecule has 1 rings (SSSR count). The molecule has 6 nitrogen and oxygen atoms in total. The minimum absolute atomic E-state index is 0.604. The van der Waals surface area contributed by atoms with Crippen LogP contribution in [0.3, 0.4) is 0 Å². The van der Waals surface area contributed by atoms with Crippen LogP contribution in [0.15, 0.2) is 18.7 Å². The second kappa shape index (κ2) is 4.86. The van der Waals surface area contributed by atoms with Gasteiger partial charge in [-0.2, -0.15) is 8.42 Å². The van der Waals surface area contributed by atoms with Gasteiger partial charge in [-0.25, -0.2) is 8.96 Å². The molecule has 0 unspecified atom stereocenters. The molecule has 2 N–H and O–H groups in total. The summed E-state index contributed by atoms with van der Waals surface area (Å²) in [5.41, 5.74) is 0. The molecule has 0 aliphatic rings. The Kier molecular flexibility index (Phi) is 4.49. The summed E-state index contributed by atoms with van der Waals surface area (Å²) in [4.78, 5) is 3.41. The number of imidazole rings is 1. The second-order valence-corrected chi connectivity index (χ2v) is 3.19.